The molecule has 1 aromatic carbocycles. The SMILES string of the molecule is O=C(NCCCOc1ccc(F)cc1)NCC1(CO)CC1. The van der Waals surface area contributed by atoms with Crippen LogP contribution in [-0.2, 0) is 0 Å². The Labute approximate surface area is 123 Å². The standard InChI is InChI=1S/C15H21FN2O3/c16-12-2-4-13(5-3-12)21-9-1-8-17-14(20)18-10-15(11-19)6-7-15/h2-5,19H,1,6-11H2,(H2,17,18,20). The van der Waals surface area contributed by atoms with E-state index in [1.165, 1.54) is 12.1 Å². The lowest BCUT2D eigenvalue weighted by Gasteiger charge is -2.13. The first-order valence-electron chi connectivity index (χ1n) is 7.14. The van der Waals surface area contributed by atoms with Crippen molar-refractivity contribution in [1.29, 1.82) is 0 Å². The van der Waals surface area contributed by atoms with Gasteiger partial charge in [0.1, 0.15) is 11.6 Å². The molecule has 1 fully saturated rings. The molecule has 6 heteroatoms. The van der Waals surface area contributed by atoms with Gasteiger partial charge in [0.2, 0.25) is 0 Å². The van der Waals surface area contributed by atoms with Crippen molar-refractivity contribution in [1.82, 2.24) is 10.6 Å². The summed E-state index contributed by atoms with van der Waals surface area (Å²) in [4.78, 5) is 11.5. The van der Waals surface area contributed by atoms with Gasteiger partial charge in [0.05, 0.1) is 13.2 Å². The highest BCUT2D eigenvalue weighted by atomic mass is 19.1. The van der Waals surface area contributed by atoms with E-state index in [0.29, 0.717) is 31.9 Å². The van der Waals surface area contributed by atoms with Gasteiger partial charge in [-0.1, -0.05) is 0 Å². The van der Waals surface area contributed by atoms with Crippen LogP contribution in [0.2, 0.25) is 0 Å². The number of ether oxygens (including phenoxy) is 1. The lowest BCUT2D eigenvalue weighted by atomic mass is 10.1. The largest absolute Gasteiger partial charge is 0.494 e. The highest BCUT2D eigenvalue weighted by Gasteiger charge is 2.41. The summed E-state index contributed by atoms with van der Waals surface area (Å²) in [5.74, 6) is 0.316. The van der Waals surface area contributed by atoms with E-state index < -0.39 is 0 Å². The number of carbonyl (C=O) groups is 1. The summed E-state index contributed by atoms with van der Waals surface area (Å²) in [5, 5.41) is 14.6. The van der Waals surface area contributed by atoms with Crippen LogP contribution >= 0.6 is 0 Å². The van der Waals surface area contributed by atoms with Crippen LogP contribution in [0.1, 0.15) is 19.3 Å². The number of hydrogen-bond acceptors (Lipinski definition) is 3. The molecule has 0 atom stereocenters. The van der Waals surface area contributed by atoms with Crippen molar-refractivity contribution in [3.63, 3.8) is 0 Å². The summed E-state index contributed by atoms with van der Waals surface area (Å²) in [7, 11) is 0. The Morgan fingerprint density at radius 2 is 2.00 bits per heavy atom. The number of urea groups is 1. The number of hydrogen-bond donors (Lipinski definition) is 3. The molecule has 0 radical (unpaired) electrons. The van der Waals surface area contributed by atoms with Gasteiger partial charge in [-0.3, -0.25) is 0 Å². The minimum absolute atomic E-state index is 0.0803. The Morgan fingerprint density at radius 1 is 1.29 bits per heavy atom. The monoisotopic (exact) mass is 296 g/mol. The zero-order chi connectivity index (χ0) is 15.1. The maximum absolute atomic E-state index is 12.7. The summed E-state index contributed by atoms with van der Waals surface area (Å²) in [6.45, 7) is 1.59. The van der Waals surface area contributed by atoms with Gasteiger partial charge in [0, 0.05) is 18.5 Å². The molecule has 2 amide bonds. The first-order valence-corrected chi connectivity index (χ1v) is 7.14. The lowest BCUT2D eigenvalue weighted by Crippen LogP contribution is -2.40. The second kappa shape index (κ2) is 7.26. The molecular weight excluding hydrogens is 275 g/mol. The Balaban J connectivity index is 1.51. The van der Waals surface area contributed by atoms with Gasteiger partial charge in [-0.05, 0) is 43.5 Å². The lowest BCUT2D eigenvalue weighted by molar-refractivity contribution is 0.202. The first-order chi connectivity index (χ1) is 10.1. The number of aliphatic hydroxyl groups excluding tert-OH is 1. The molecule has 0 saturated heterocycles. The molecule has 2 rings (SSSR count). The number of amides is 2. The van der Waals surface area contributed by atoms with Crippen LogP contribution in [0.5, 0.6) is 5.75 Å². The van der Waals surface area contributed by atoms with E-state index in [1.807, 2.05) is 0 Å². The zero-order valence-electron chi connectivity index (χ0n) is 11.9. The first kappa shape index (κ1) is 15.6. The fraction of sp³-hybridized carbons (Fsp3) is 0.533. The predicted molar refractivity (Wildman–Crippen MR) is 76.7 cm³/mol. The van der Waals surface area contributed by atoms with E-state index in [2.05, 4.69) is 10.6 Å². The van der Waals surface area contributed by atoms with Crippen molar-refractivity contribution in [3.8, 4) is 5.75 Å². The van der Waals surface area contributed by atoms with Crippen LogP contribution < -0.4 is 15.4 Å². The molecule has 0 bridgehead atoms. The molecule has 1 saturated carbocycles. The Bertz CT molecular complexity index is 460. The number of halogens is 1. The van der Waals surface area contributed by atoms with Crippen LogP contribution in [0, 0.1) is 11.2 Å². The molecule has 116 valence electrons. The second-order valence-electron chi connectivity index (χ2n) is 5.42. The zero-order valence-corrected chi connectivity index (χ0v) is 11.9. The third-order valence-corrected chi connectivity index (χ3v) is 3.61. The molecule has 1 aromatic rings. The molecule has 0 spiro atoms. The van der Waals surface area contributed by atoms with E-state index in [4.69, 9.17) is 9.84 Å². The van der Waals surface area contributed by atoms with Crippen LogP contribution in [0.25, 0.3) is 0 Å². The molecule has 0 heterocycles. The van der Waals surface area contributed by atoms with E-state index in [0.717, 1.165) is 12.8 Å². The predicted octanol–water partition coefficient (Wildman–Crippen LogP) is 1.67. The van der Waals surface area contributed by atoms with Gasteiger partial charge >= 0.3 is 6.03 Å². The van der Waals surface area contributed by atoms with E-state index >= 15 is 0 Å². The Morgan fingerprint density at radius 3 is 2.62 bits per heavy atom. The fourth-order valence-electron chi connectivity index (χ4n) is 1.89. The van der Waals surface area contributed by atoms with Crippen molar-refractivity contribution in [2.45, 2.75) is 19.3 Å². The molecule has 0 aliphatic heterocycles. The van der Waals surface area contributed by atoms with Gasteiger partial charge in [-0.25, -0.2) is 9.18 Å². The van der Waals surface area contributed by atoms with Crippen molar-refractivity contribution in [2.24, 2.45) is 5.41 Å². The summed E-state index contributed by atoms with van der Waals surface area (Å²) < 4.78 is 18.1. The minimum Gasteiger partial charge on any atom is -0.494 e. The number of benzene rings is 1. The molecular formula is C15H21FN2O3. The normalized spacial score (nSPS) is 15.3. The molecule has 1 aliphatic rings. The summed E-state index contributed by atoms with van der Waals surface area (Å²) in [6.07, 6.45) is 2.60. The maximum Gasteiger partial charge on any atom is 0.314 e. The van der Waals surface area contributed by atoms with Gasteiger partial charge in [-0.2, -0.15) is 0 Å². The smallest absolute Gasteiger partial charge is 0.314 e. The Hall–Kier alpha value is -1.82. The van der Waals surface area contributed by atoms with Gasteiger partial charge < -0.3 is 20.5 Å². The summed E-state index contributed by atoms with van der Waals surface area (Å²) in [5.41, 5.74) is -0.0803. The molecule has 21 heavy (non-hydrogen) atoms. The average molecular weight is 296 g/mol. The molecule has 0 unspecified atom stereocenters. The average Bonchev–Trinajstić information content (AvgIpc) is 3.27. The third kappa shape index (κ3) is 5.23. The number of rotatable bonds is 8. The summed E-state index contributed by atoms with van der Waals surface area (Å²) in [6, 6.07) is 5.60. The van der Waals surface area contributed by atoms with Gasteiger partial charge in [-0.15, -0.1) is 0 Å². The van der Waals surface area contributed by atoms with Crippen LogP contribution in [0.3, 0.4) is 0 Å². The second-order valence-corrected chi connectivity index (χ2v) is 5.42. The molecule has 3 N–H and O–H groups in total. The van der Waals surface area contributed by atoms with Crippen molar-refractivity contribution < 1.29 is 19.0 Å². The van der Waals surface area contributed by atoms with Gasteiger partial charge in [0.15, 0.2) is 0 Å². The number of nitrogens with one attached hydrogen (secondary N) is 2. The van der Waals surface area contributed by atoms with Crippen molar-refractivity contribution in [2.75, 3.05) is 26.3 Å². The highest BCUT2D eigenvalue weighted by Crippen LogP contribution is 2.44. The fourth-order valence-corrected chi connectivity index (χ4v) is 1.89. The van der Waals surface area contributed by atoms with Crippen LogP contribution in [-0.4, -0.2) is 37.4 Å². The van der Waals surface area contributed by atoms with Gasteiger partial charge in [0.25, 0.3) is 0 Å². The molecule has 0 aromatic heterocycles. The van der Waals surface area contributed by atoms with E-state index in [1.54, 1.807) is 12.1 Å². The quantitative estimate of drug-likeness (QED) is 0.639. The summed E-state index contributed by atoms with van der Waals surface area (Å²) >= 11 is 0. The van der Waals surface area contributed by atoms with Crippen LogP contribution in [0.4, 0.5) is 9.18 Å². The van der Waals surface area contributed by atoms with Crippen molar-refractivity contribution in [3.05, 3.63) is 30.1 Å². The topological polar surface area (TPSA) is 70.6 Å². The third-order valence-electron chi connectivity index (χ3n) is 3.61. The van der Waals surface area contributed by atoms with Crippen LogP contribution in [0.15, 0.2) is 24.3 Å². The Kier molecular flexibility index (Phi) is 5.38. The maximum atomic E-state index is 12.7. The highest BCUT2D eigenvalue weighted by molar-refractivity contribution is 5.73. The van der Waals surface area contributed by atoms with E-state index in [9.17, 15) is 9.18 Å². The number of carbonyl (C=O) groups excluding carboxylic acids is 1. The molecule has 1 aliphatic carbocycles. The minimum atomic E-state index is -0.294. The number of aliphatic hydroxyl groups is 1. The molecule has 5 nitrogen and oxygen atoms in total. The van der Waals surface area contributed by atoms with Crippen molar-refractivity contribution >= 4 is 6.03 Å². The van der Waals surface area contributed by atoms with E-state index in [-0.39, 0.29) is 23.9 Å².